The van der Waals surface area contributed by atoms with E-state index < -0.39 is 21.9 Å². The van der Waals surface area contributed by atoms with Gasteiger partial charge in [-0.15, -0.1) is 0 Å². The van der Waals surface area contributed by atoms with Crippen LogP contribution < -0.4 is 23.8 Å². The minimum Gasteiger partial charge on any atom is -0.493 e. The van der Waals surface area contributed by atoms with Crippen LogP contribution in [0, 0.1) is 0 Å². The van der Waals surface area contributed by atoms with Gasteiger partial charge in [0, 0.05) is 19.2 Å². The summed E-state index contributed by atoms with van der Waals surface area (Å²) < 4.78 is 44.8. The van der Waals surface area contributed by atoms with Gasteiger partial charge in [-0.05, 0) is 24.3 Å². The van der Waals surface area contributed by atoms with E-state index in [1.807, 2.05) is 0 Å². The average molecular weight is 452 g/mol. The van der Waals surface area contributed by atoms with Crippen LogP contribution in [0.2, 0.25) is 0 Å². The Morgan fingerprint density at radius 3 is 2.10 bits per heavy atom. The molecule has 11 heteroatoms. The van der Waals surface area contributed by atoms with E-state index in [1.165, 1.54) is 40.5 Å². The number of esters is 1. The molecule has 0 aliphatic heterocycles. The zero-order valence-corrected chi connectivity index (χ0v) is 18.6. The number of ether oxygens (including phenoxy) is 4. The Bertz CT molecular complexity index is 1050. The van der Waals surface area contributed by atoms with E-state index >= 15 is 0 Å². The molecule has 0 unspecified atom stereocenters. The van der Waals surface area contributed by atoms with Gasteiger partial charge in [0.25, 0.3) is 5.91 Å². The number of nitrogens with zero attached hydrogens (tertiary/aromatic N) is 1. The lowest BCUT2D eigenvalue weighted by atomic mass is 10.1. The van der Waals surface area contributed by atoms with Crippen molar-refractivity contribution in [2.24, 2.45) is 0 Å². The number of benzene rings is 2. The van der Waals surface area contributed by atoms with Crippen LogP contribution >= 0.6 is 0 Å². The van der Waals surface area contributed by atoms with E-state index in [2.05, 4.69) is 5.32 Å². The predicted octanol–water partition coefficient (Wildman–Crippen LogP) is 1.90. The molecule has 0 aliphatic rings. The van der Waals surface area contributed by atoms with Crippen LogP contribution in [-0.4, -0.2) is 61.5 Å². The van der Waals surface area contributed by atoms with Crippen molar-refractivity contribution >= 4 is 33.3 Å². The molecule has 0 aliphatic carbocycles. The summed E-state index contributed by atoms with van der Waals surface area (Å²) in [6.07, 6.45) is 1.10. The molecule has 0 heterocycles. The molecule has 168 valence electrons. The number of hydrogen-bond acceptors (Lipinski definition) is 8. The van der Waals surface area contributed by atoms with Gasteiger partial charge >= 0.3 is 5.97 Å². The maximum absolute atomic E-state index is 12.4. The van der Waals surface area contributed by atoms with Gasteiger partial charge in [0.15, 0.2) is 18.1 Å². The van der Waals surface area contributed by atoms with Crippen molar-refractivity contribution in [2.45, 2.75) is 0 Å². The third kappa shape index (κ3) is 6.01. The van der Waals surface area contributed by atoms with Crippen LogP contribution in [0.3, 0.4) is 0 Å². The normalized spacial score (nSPS) is 10.7. The molecule has 1 amide bonds. The first kappa shape index (κ1) is 23.8. The Hall–Kier alpha value is -3.47. The second kappa shape index (κ2) is 10.0. The summed E-state index contributed by atoms with van der Waals surface area (Å²) in [6.45, 7) is -0.351. The first-order chi connectivity index (χ1) is 14.6. The van der Waals surface area contributed by atoms with Gasteiger partial charge in [0.2, 0.25) is 10.0 Å². The zero-order chi connectivity index (χ0) is 23.2. The first-order valence-electron chi connectivity index (χ1n) is 8.91. The van der Waals surface area contributed by atoms with E-state index in [1.54, 1.807) is 24.3 Å². The highest BCUT2D eigenvalue weighted by Crippen LogP contribution is 2.33. The summed E-state index contributed by atoms with van der Waals surface area (Å²) >= 11 is 0. The summed E-state index contributed by atoms with van der Waals surface area (Å²) in [5.74, 6) is -0.216. The van der Waals surface area contributed by atoms with Gasteiger partial charge in [-0.3, -0.25) is 9.10 Å². The highest BCUT2D eigenvalue weighted by atomic mass is 32.2. The molecule has 0 atom stereocenters. The highest BCUT2D eigenvalue weighted by molar-refractivity contribution is 7.92. The number of nitrogens with one attached hydrogen (secondary N) is 1. The molecular formula is C20H24N2O8S. The number of carbonyl (C=O) groups excluding carboxylic acids is 2. The highest BCUT2D eigenvalue weighted by Gasteiger charge is 2.19. The molecule has 2 aromatic carbocycles. The molecule has 0 aromatic heterocycles. The number of carbonyl (C=O) groups is 2. The van der Waals surface area contributed by atoms with Gasteiger partial charge in [-0.25, -0.2) is 13.2 Å². The SMILES string of the molecule is COC(=O)c1cc(OC)c(OC)cc1NC(=O)COc1ccc(N(C)S(C)(=O)=O)cc1. The lowest BCUT2D eigenvalue weighted by molar-refractivity contribution is -0.118. The van der Waals surface area contributed by atoms with Crippen molar-refractivity contribution in [2.75, 3.05) is 50.9 Å². The van der Waals surface area contributed by atoms with E-state index in [9.17, 15) is 18.0 Å². The van der Waals surface area contributed by atoms with Gasteiger partial charge < -0.3 is 24.3 Å². The number of amides is 1. The smallest absolute Gasteiger partial charge is 0.340 e. The largest absolute Gasteiger partial charge is 0.493 e. The second-order valence-corrected chi connectivity index (χ2v) is 8.32. The molecule has 0 spiro atoms. The quantitative estimate of drug-likeness (QED) is 0.573. The van der Waals surface area contributed by atoms with Gasteiger partial charge in [-0.2, -0.15) is 0 Å². The van der Waals surface area contributed by atoms with Crippen LogP contribution in [0.1, 0.15) is 10.4 Å². The summed E-state index contributed by atoms with van der Waals surface area (Å²) in [5, 5.41) is 2.58. The molecule has 10 nitrogen and oxygen atoms in total. The maximum Gasteiger partial charge on any atom is 0.340 e. The zero-order valence-electron chi connectivity index (χ0n) is 17.8. The second-order valence-electron chi connectivity index (χ2n) is 6.31. The molecule has 0 saturated heterocycles. The molecule has 2 rings (SSSR count). The lowest BCUT2D eigenvalue weighted by Gasteiger charge is -2.17. The summed E-state index contributed by atoms with van der Waals surface area (Å²) in [5.41, 5.74) is 0.706. The van der Waals surface area contributed by atoms with Crippen molar-refractivity contribution in [3.05, 3.63) is 42.0 Å². The van der Waals surface area contributed by atoms with Crippen molar-refractivity contribution in [1.82, 2.24) is 0 Å². The van der Waals surface area contributed by atoms with Crippen molar-refractivity contribution in [3.63, 3.8) is 0 Å². The molecular weight excluding hydrogens is 428 g/mol. The van der Waals surface area contributed by atoms with Crippen LogP contribution in [0.4, 0.5) is 11.4 Å². The fourth-order valence-electron chi connectivity index (χ4n) is 2.54. The fraction of sp³-hybridized carbons (Fsp3) is 0.300. The standard InChI is InChI=1S/C20H24N2O8S/c1-22(31(5,25)26)13-6-8-14(9-7-13)30-12-19(23)21-16-11-18(28-3)17(27-2)10-15(16)20(24)29-4/h6-11H,12H2,1-5H3,(H,21,23). The van der Waals surface area contributed by atoms with E-state index in [0.29, 0.717) is 22.9 Å². The molecule has 0 saturated carbocycles. The van der Waals surface area contributed by atoms with Crippen LogP contribution in [0.25, 0.3) is 0 Å². The number of rotatable bonds is 9. The number of sulfonamides is 1. The maximum atomic E-state index is 12.4. The third-order valence-corrected chi connectivity index (χ3v) is 5.48. The van der Waals surface area contributed by atoms with Crippen LogP contribution in [0.5, 0.6) is 17.2 Å². The molecule has 0 bridgehead atoms. The summed E-state index contributed by atoms with van der Waals surface area (Å²) in [4.78, 5) is 24.4. The molecule has 31 heavy (non-hydrogen) atoms. The van der Waals surface area contributed by atoms with Gasteiger partial charge in [0.1, 0.15) is 5.75 Å². The summed E-state index contributed by atoms with van der Waals surface area (Å²) in [7, 11) is 2.12. The molecule has 0 radical (unpaired) electrons. The fourth-order valence-corrected chi connectivity index (χ4v) is 3.04. The Balaban J connectivity index is 2.11. The Labute approximate surface area is 180 Å². The minimum absolute atomic E-state index is 0.0849. The Morgan fingerprint density at radius 2 is 1.58 bits per heavy atom. The molecule has 0 fully saturated rings. The first-order valence-corrected chi connectivity index (χ1v) is 10.8. The molecule has 2 aromatic rings. The van der Waals surface area contributed by atoms with E-state index in [0.717, 1.165) is 10.6 Å². The van der Waals surface area contributed by atoms with Crippen LogP contribution in [-0.2, 0) is 19.6 Å². The van der Waals surface area contributed by atoms with Gasteiger partial charge in [-0.1, -0.05) is 0 Å². The minimum atomic E-state index is -3.38. The lowest BCUT2D eigenvalue weighted by Crippen LogP contribution is -2.24. The van der Waals surface area contributed by atoms with E-state index in [-0.39, 0.29) is 17.9 Å². The number of hydrogen-bond donors (Lipinski definition) is 1. The molecule has 1 N–H and O–H groups in total. The van der Waals surface area contributed by atoms with Crippen molar-refractivity contribution in [1.29, 1.82) is 0 Å². The van der Waals surface area contributed by atoms with E-state index in [4.69, 9.17) is 18.9 Å². The average Bonchev–Trinajstić information content (AvgIpc) is 2.76. The number of methoxy groups -OCH3 is 3. The number of anilines is 2. The van der Waals surface area contributed by atoms with Crippen molar-refractivity contribution < 1.29 is 37.0 Å². The van der Waals surface area contributed by atoms with Crippen molar-refractivity contribution in [3.8, 4) is 17.2 Å². The third-order valence-electron chi connectivity index (χ3n) is 4.27. The van der Waals surface area contributed by atoms with Crippen LogP contribution in [0.15, 0.2) is 36.4 Å². The predicted molar refractivity (Wildman–Crippen MR) is 115 cm³/mol. The Kier molecular flexibility index (Phi) is 7.70. The summed E-state index contributed by atoms with van der Waals surface area (Å²) in [6, 6.07) is 9.04. The monoisotopic (exact) mass is 452 g/mol. The topological polar surface area (TPSA) is 120 Å². The Morgan fingerprint density at radius 1 is 1.00 bits per heavy atom. The van der Waals surface area contributed by atoms with Gasteiger partial charge in [0.05, 0.1) is 44.5 Å².